The molecule has 0 radical (unpaired) electrons. The molecule has 3 aromatic carbocycles. The molecule has 0 aliphatic rings. The van der Waals surface area contributed by atoms with Crippen molar-refractivity contribution in [2.75, 3.05) is 11.9 Å². The summed E-state index contributed by atoms with van der Waals surface area (Å²) in [6.45, 7) is 6.58. The number of benzene rings is 3. The van der Waals surface area contributed by atoms with Crippen LogP contribution in [0, 0.1) is 6.92 Å². The predicted octanol–water partition coefficient (Wildman–Crippen LogP) is 5.44. The number of para-hydroxylation sites is 1. The van der Waals surface area contributed by atoms with E-state index in [9.17, 15) is 4.79 Å². The molecule has 3 rings (SSSR count). The Morgan fingerprint density at radius 2 is 1.43 bits per heavy atom. The molecule has 0 heterocycles. The van der Waals surface area contributed by atoms with Gasteiger partial charge in [-0.1, -0.05) is 92.2 Å². The van der Waals surface area contributed by atoms with E-state index in [4.69, 9.17) is 0 Å². The van der Waals surface area contributed by atoms with Crippen molar-refractivity contribution in [2.45, 2.75) is 32.7 Å². The topological polar surface area (TPSA) is 41.1 Å². The molecule has 0 aromatic heterocycles. The molecular formula is C25H28N2O. The zero-order valence-electron chi connectivity index (χ0n) is 16.8. The van der Waals surface area contributed by atoms with E-state index in [0.717, 1.165) is 22.4 Å². The van der Waals surface area contributed by atoms with Gasteiger partial charge in [0.1, 0.15) is 0 Å². The molecule has 0 unspecified atom stereocenters. The summed E-state index contributed by atoms with van der Waals surface area (Å²) < 4.78 is 0. The Balaban J connectivity index is 1.73. The zero-order valence-corrected chi connectivity index (χ0v) is 16.8. The first-order valence-corrected chi connectivity index (χ1v) is 9.78. The molecule has 0 fully saturated rings. The largest absolute Gasteiger partial charge is 0.325 e. The second kappa shape index (κ2) is 9.34. The van der Waals surface area contributed by atoms with E-state index < -0.39 is 0 Å². The van der Waals surface area contributed by atoms with Gasteiger partial charge in [0.15, 0.2) is 0 Å². The molecule has 2 N–H and O–H groups in total. The third kappa shape index (κ3) is 5.08. The normalized spacial score (nSPS) is 12.0. The fraction of sp³-hybridized carbons (Fsp3) is 0.240. The van der Waals surface area contributed by atoms with E-state index >= 15 is 0 Å². The third-order valence-electron chi connectivity index (χ3n) is 4.87. The molecule has 0 aliphatic carbocycles. The smallest absolute Gasteiger partial charge is 0.238 e. The van der Waals surface area contributed by atoms with Crippen LogP contribution in [0.4, 0.5) is 5.69 Å². The lowest BCUT2D eigenvalue weighted by Crippen LogP contribution is -2.32. The minimum absolute atomic E-state index is 0.0344. The summed E-state index contributed by atoms with van der Waals surface area (Å²) in [6.07, 6.45) is 0. The van der Waals surface area contributed by atoms with Gasteiger partial charge in [-0.2, -0.15) is 0 Å². The highest BCUT2D eigenvalue weighted by Crippen LogP contribution is 2.24. The van der Waals surface area contributed by atoms with Gasteiger partial charge in [0.2, 0.25) is 5.91 Å². The van der Waals surface area contributed by atoms with Crippen molar-refractivity contribution in [1.29, 1.82) is 0 Å². The van der Waals surface area contributed by atoms with Gasteiger partial charge in [0, 0.05) is 5.69 Å². The highest BCUT2D eigenvalue weighted by Gasteiger charge is 2.16. The van der Waals surface area contributed by atoms with E-state index in [-0.39, 0.29) is 18.5 Å². The van der Waals surface area contributed by atoms with Gasteiger partial charge < -0.3 is 5.32 Å². The summed E-state index contributed by atoms with van der Waals surface area (Å²) in [7, 11) is 0. The van der Waals surface area contributed by atoms with E-state index in [1.807, 2.05) is 36.4 Å². The maximum absolute atomic E-state index is 12.6. The lowest BCUT2D eigenvalue weighted by atomic mass is 9.98. The Bertz CT molecular complexity index is 901. The molecule has 3 heteroatoms. The third-order valence-corrected chi connectivity index (χ3v) is 4.87. The summed E-state index contributed by atoms with van der Waals surface area (Å²) >= 11 is 0. The Morgan fingerprint density at radius 3 is 2.11 bits per heavy atom. The van der Waals surface area contributed by atoms with E-state index in [2.05, 4.69) is 73.9 Å². The van der Waals surface area contributed by atoms with Crippen molar-refractivity contribution in [2.24, 2.45) is 0 Å². The second-order valence-electron chi connectivity index (χ2n) is 7.43. The van der Waals surface area contributed by atoms with Crippen LogP contribution in [0.1, 0.15) is 48.1 Å². The van der Waals surface area contributed by atoms with Crippen LogP contribution in [0.25, 0.3) is 0 Å². The molecule has 0 aliphatic heterocycles. The molecule has 3 aromatic rings. The summed E-state index contributed by atoms with van der Waals surface area (Å²) in [5, 5.41) is 6.49. The zero-order chi connectivity index (χ0) is 19.9. The van der Waals surface area contributed by atoms with Crippen LogP contribution in [0.5, 0.6) is 0 Å². The van der Waals surface area contributed by atoms with Gasteiger partial charge >= 0.3 is 0 Å². The fourth-order valence-electron chi connectivity index (χ4n) is 3.34. The minimum Gasteiger partial charge on any atom is -0.325 e. The van der Waals surface area contributed by atoms with Crippen molar-refractivity contribution in [3.8, 4) is 0 Å². The molecule has 144 valence electrons. The Labute approximate surface area is 167 Å². The van der Waals surface area contributed by atoms with Gasteiger partial charge in [-0.25, -0.2) is 0 Å². The number of anilines is 1. The number of rotatable bonds is 7. The SMILES string of the molecule is Cc1ccc([C@H](NCC(=O)Nc2ccccc2C(C)C)c2ccccc2)cc1. The van der Waals surface area contributed by atoms with Gasteiger partial charge in [-0.05, 0) is 35.6 Å². The van der Waals surface area contributed by atoms with E-state index in [0.29, 0.717) is 5.92 Å². The number of carbonyl (C=O) groups is 1. The molecule has 0 saturated heterocycles. The highest BCUT2D eigenvalue weighted by atomic mass is 16.1. The standard InChI is InChI=1S/C25H28N2O/c1-18(2)22-11-7-8-12-23(22)27-24(28)17-26-25(20-9-5-4-6-10-20)21-15-13-19(3)14-16-21/h4-16,18,25-26H,17H2,1-3H3,(H,27,28)/t25-/m1/s1. The second-order valence-corrected chi connectivity index (χ2v) is 7.43. The van der Waals surface area contributed by atoms with Crippen LogP contribution in [0.15, 0.2) is 78.9 Å². The van der Waals surface area contributed by atoms with Crippen LogP contribution in [-0.4, -0.2) is 12.5 Å². The summed E-state index contributed by atoms with van der Waals surface area (Å²) in [4.78, 5) is 12.6. The van der Waals surface area contributed by atoms with Crippen molar-refractivity contribution >= 4 is 11.6 Å². The summed E-state index contributed by atoms with van der Waals surface area (Å²) in [6, 6.07) is 26.6. The molecule has 0 bridgehead atoms. The molecule has 0 spiro atoms. The Kier molecular flexibility index (Phi) is 6.62. The molecule has 0 saturated carbocycles. The van der Waals surface area contributed by atoms with Gasteiger partial charge in [-0.15, -0.1) is 0 Å². The van der Waals surface area contributed by atoms with Crippen LogP contribution in [0.3, 0.4) is 0 Å². The maximum Gasteiger partial charge on any atom is 0.238 e. The molecule has 1 atom stereocenters. The lowest BCUT2D eigenvalue weighted by Gasteiger charge is -2.20. The molecule has 1 amide bonds. The van der Waals surface area contributed by atoms with E-state index in [1.165, 1.54) is 5.56 Å². The van der Waals surface area contributed by atoms with Crippen LogP contribution >= 0.6 is 0 Å². The van der Waals surface area contributed by atoms with Gasteiger partial charge in [-0.3, -0.25) is 10.1 Å². The van der Waals surface area contributed by atoms with Gasteiger partial charge in [0.25, 0.3) is 0 Å². The summed E-state index contributed by atoms with van der Waals surface area (Å²) in [5.41, 5.74) is 5.54. The lowest BCUT2D eigenvalue weighted by molar-refractivity contribution is -0.115. The quantitative estimate of drug-likeness (QED) is 0.580. The first-order chi connectivity index (χ1) is 13.5. The van der Waals surface area contributed by atoms with Crippen molar-refractivity contribution in [1.82, 2.24) is 5.32 Å². The number of hydrogen-bond donors (Lipinski definition) is 2. The first-order valence-electron chi connectivity index (χ1n) is 9.78. The van der Waals surface area contributed by atoms with E-state index in [1.54, 1.807) is 0 Å². The summed E-state index contributed by atoms with van der Waals surface area (Å²) in [5.74, 6) is 0.315. The monoisotopic (exact) mass is 372 g/mol. The average molecular weight is 373 g/mol. The van der Waals surface area contributed by atoms with Crippen molar-refractivity contribution < 1.29 is 4.79 Å². The van der Waals surface area contributed by atoms with Crippen molar-refractivity contribution in [3.05, 3.63) is 101 Å². The molecule has 3 nitrogen and oxygen atoms in total. The Morgan fingerprint density at radius 1 is 0.821 bits per heavy atom. The van der Waals surface area contributed by atoms with Crippen molar-refractivity contribution in [3.63, 3.8) is 0 Å². The maximum atomic E-state index is 12.6. The number of nitrogens with one attached hydrogen (secondary N) is 2. The molecule has 28 heavy (non-hydrogen) atoms. The van der Waals surface area contributed by atoms with Gasteiger partial charge in [0.05, 0.1) is 12.6 Å². The number of carbonyl (C=O) groups excluding carboxylic acids is 1. The number of aryl methyl sites for hydroxylation is 1. The number of hydrogen-bond acceptors (Lipinski definition) is 2. The molecular weight excluding hydrogens is 344 g/mol. The minimum atomic E-state index is -0.0406. The van der Waals surface area contributed by atoms with Crippen LogP contribution < -0.4 is 10.6 Å². The highest BCUT2D eigenvalue weighted by molar-refractivity contribution is 5.93. The Hall–Kier alpha value is -2.91. The fourth-order valence-corrected chi connectivity index (χ4v) is 3.34. The predicted molar refractivity (Wildman–Crippen MR) is 117 cm³/mol. The average Bonchev–Trinajstić information content (AvgIpc) is 2.70. The van der Waals surface area contributed by atoms with Crippen LogP contribution in [-0.2, 0) is 4.79 Å². The number of amides is 1. The first kappa shape index (κ1) is 19.8. The van der Waals surface area contributed by atoms with Crippen LogP contribution in [0.2, 0.25) is 0 Å².